The topological polar surface area (TPSA) is 3.01 Å². The molecular formula is C9H16BrN. The van der Waals surface area contributed by atoms with Crippen molar-refractivity contribution in [1.29, 1.82) is 0 Å². The standard InChI is InChI=1S/C9H16N.BrH/c1-2-7-10-8-5-3-4-6-9-10;/h2,8H,1,3-7,9H2;1H/q+1;/p-1. The van der Waals surface area contributed by atoms with E-state index in [-0.39, 0.29) is 17.0 Å². The van der Waals surface area contributed by atoms with E-state index in [4.69, 9.17) is 0 Å². The molecule has 0 radical (unpaired) electrons. The van der Waals surface area contributed by atoms with Crippen molar-refractivity contribution < 1.29 is 21.6 Å². The molecule has 1 aliphatic heterocycles. The third-order valence-corrected chi connectivity index (χ3v) is 1.90. The van der Waals surface area contributed by atoms with Crippen LogP contribution in [0.15, 0.2) is 12.7 Å². The van der Waals surface area contributed by atoms with E-state index in [1.165, 1.54) is 32.2 Å². The van der Waals surface area contributed by atoms with Crippen molar-refractivity contribution in [1.82, 2.24) is 0 Å². The van der Waals surface area contributed by atoms with Crippen LogP contribution in [-0.2, 0) is 0 Å². The number of hydrogen-bond donors (Lipinski definition) is 0. The molecule has 0 saturated carbocycles. The minimum atomic E-state index is 0. The Balaban J connectivity index is 0.000001000. The van der Waals surface area contributed by atoms with Gasteiger partial charge in [-0.1, -0.05) is 6.58 Å². The molecule has 1 rings (SSSR count). The second-order valence-electron chi connectivity index (χ2n) is 2.82. The first-order valence-corrected chi connectivity index (χ1v) is 4.12. The predicted molar refractivity (Wildman–Crippen MR) is 44.7 cm³/mol. The van der Waals surface area contributed by atoms with E-state index in [9.17, 15) is 0 Å². The highest BCUT2D eigenvalue weighted by Gasteiger charge is 2.04. The molecule has 1 heterocycles. The molecule has 2 heteroatoms. The zero-order valence-electron chi connectivity index (χ0n) is 6.93. The van der Waals surface area contributed by atoms with Crippen LogP contribution in [0.3, 0.4) is 0 Å². The quantitative estimate of drug-likeness (QED) is 0.406. The summed E-state index contributed by atoms with van der Waals surface area (Å²) >= 11 is 0. The lowest BCUT2D eigenvalue weighted by Gasteiger charge is -1.94. The van der Waals surface area contributed by atoms with Gasteiger partial charge in [-0.15, -0.1) is 0 Å². The minimum Gasteiger partial charge on any atom is -1.00 e. The van der Waals surface area contributed by atoms with Crippen molar-refractivity contribution in [2.45, 2.75) is 25.7 Å². The molecule has 0 saturated heterocycles. The minimum absolute atomic E-state index is 0. The fraction of sp³-hybridized carbons (Fsp3) is 0.667. The zero-order valence-corrected chi connectivity index (χ0v) is 8.52. The van der Waals surface area contributed by atoms with Gasteiger partial charge < -0.3 is 17.0 Å². The molecule has 0 aromatic carbocycles. The second kappa shape index (κ2) is 6.59. The summed E-state index contributed by atoms with van der Waals surface area (Å²) < 4.78 is 2.36. The van der Waals surface area contributed by atoms with Crippen LogP contribution < -0.4 is 17.0 Å². The number of rotatable bonds is 2. The van der Waals surface area contributed by atoms with E-state index in [1.807, 2.05) is 6.08 Å². The molecule has 64 valence electrons. The number of hydrogen-bond acceptors (Lipinski definition) is 0. The maximum absolute atomic E-state index is 3.72. The Morgan fingerprint density at radius 2 is 2.18 bits per heavy atom. The first-order valence-electron chi connectivity index (χ1n) is 4.12. The van der Waals surface area contributed by atoms with Gasteiger partial charge in [-0.05, 0) is 18.9 Å². The van der Waals surface area contributed by atoms with Crippen molar-refractivity contribution in [3.05, 3.63) is 12.7 Å². The molecule has 0 N–H and O–H groups in total. The average Bonchev–Trinajstić information content (AvgIpc) is 2.17. The van der Waals surface area contributed by atoms with Gasteiger partial charge >= 0.3 is 0 Å². The lowest BCUT2D eigenvalue weighted by Crippen LogP contribution is -3.00. The Morgan fingerprint density at radius 1 is 1.36 bits per heavy atom. The van der Waals surface area contributed by atoms with Gasteiger partial charge in [0.05, 0.1) is 0 Å². The third kappa shape index (κ3) is 4.35. The molecule has 0 amide bonds. The smallest absolute Gasteiger partial charge is 0.160 e. The maximum atomic E-state index is 3.72. The number of halogens is 1. The summed E-state index contributed by atoms with van der Waals surface area (Å²) in [5.74, 6) is 0. The van der Waals surface area contributed by atoms with Crippen molar-refractivity contribution in [2.75, 3.05) is 13.1 Å². The van der Waals surface area contributed by atoms with Gasteiger partial charge in [0.15, 0.2) is 6.54 Å². The molecule has 0 unspecified atom stereocenters. The SMILES string of the molecule is C=CC[N+]1=CCCCCC1.[Br-]. The van der Waals surface area contributed by atoms with Gasteiger partial charge in [-0.25, -0.2) is 4.58 Å². The molecule has 11 heavy (non-hydrogen) atoms. The molecule has 0 aromatic rings. The van der Waals surface area contributed by atoms with E-state index < -0.39 is 0 Å². The molecule has 0 aliphatic carbocycles. The van der Waals surface area contributed by atoms with E-state index in [0.717, 1.165) is 6.54 Å². The average molecular weight is 218 g/mol. The summed E-state index contributed by atoms with van der Waals surface area (Å²) in [5.41, 5.74) is 0. The van der Waals surface area contributed by atoms with Crippen molar-refractivity contribution in [3.63, 3.8) is 0 Å². The summed E-state index contributed by atoms with van der Waals surface area (Å²) in [6.07, 6.45) is 9.66. The Labute approximate surface area is 79.6 Å². The second-order valence-corrected chi connectivity index (χ2v) is 2.82. The fourth-order valence-electron chi connectivity index (χ4n) is 1.33. The van der Waals surface area contributed by atoms with Gasteiger partial charge in [-0.2, -0.15) is 0 Å². The highest BCUT2D eigenvalue weighted by atomic mass is 79.9. The highest BCUT2D eigenvalue weighted by Crippen LogP contribution is 2.02. The fourth-order valence-corrected chi connectivity index (χ4v) is 1.33. The van der Waals surface area contributed by atoms with Gasteiger partial charge in [0.25, 0.3) is 0 Å². The van der Waals surface area contributed by atoms with E-state index in [0.29, 0.717) is 0 Å². The first kappa shape index (κ1) is 10.9. The van der Waals surface area contributed by atoms with E-state index >= 15 is 0 Å². The van der Waals surface area contributed by atoms with Crippen LogP contribution in [0.5, 0.6) is 0 Å². The van der Waals surface area contributed by atoms with Crippen LogP contribution in [0, 0.1) is 0 Å². The summed E-state index contributed by atoms with van der Waals surface area (Å²) in [6.45, 7) is 5.98. The summed E-state index contributed by atoms with van der Waals surface area (Å²) in [4.78, 5) is 0. The van der Waals surface area contributed by atoms with Crippen molar-refractivity contribution in [2.24, 2.45) is 0 Å². The van der Waals surface area contributed by atoms with Crippen molar-refractivity contribution in [3.8, 4) is 0 Å². The normalized spacial score (nSPS) is 17.6. The Kier molecular flexibility index (Phi) is 6.52. The third-order valence-electron chi connectivity index (χ3n) is 1.90. The largest absolute Gasteiger partial charge is 1.00 e. The lowest BCUT2D eigenvalue weighted by molar-refractivity contribution is -0.513. The molecule has 1 nitrogen and oxygen atoms in total. The van der Waals surface area contributed by atoms with Crippen molar-refractivity contribution >= 4 is 6.21 Å². The summed E-state index contributed by atoms with van der Waals surface area (Å²) in [7, 11) is 0. The van der Waals surface area contributed by atoms with Gasteiger partial charge in [0, 0.05) is 12.8 Å². The number of nitrogens with zero attached hydrogens (tertiary/aromatic N) is 1. The Hall–Kier alpha value is -0.110. The van der Waals surface area contributed by atoms with E-state index in [1.54, 1.807) is 0 Å². The van der Waals surface area contributed by atoms with Crippen LogP contribution >= 0.6 is 0 Å². The van der Waals surface area contributed by atoms with E-state index in [2.05, 4.69) is 17.4 Å². The molecule has 0 fully saturated rings. The monoisotopic (exact) mass is 217 g/mol. The molecular weight excluding hydrogens is 202 g/mol. The molecule has 1 aliphatic rings. The van der Waals surface area contributed by atoms with Crippen LogP contribution in [0.1, 0.15) is 25.7 Å². The Morgan fingerprint density at radius 3 is 2.91 bits per heavy atom. The van der Waals surface area contributed by atoms with Gasteiger partial charge in [0.1, 0.15) is 12.8 Å². The van der Waals surface area contributed by atoms with Gasteiger partial charge in [-0.3, -0.25) is 0 Å². The maximum Gasteiger partial charge on any atom is 0.160 e. The van der Waals surface area contributed by atoms with Crippen LogP contribution in [0.2, 0.25) is 0 Å². The molecule has 0 atom stereocenters. The summed E-state index contributed by atoms with van der Waals surface area (Å²) in [6, 6.07) is 0. The Bertz CT molecular complexity index is 140. The first-order chi connectivity index (χ1) is 4.93. The molecule has 0 bridgehead atoms. The van der Waals surface area contributed by atoms with Crippen LogP contribution in [0.25, 0.3) is 0 Å². The molecule has 0 aromatic heterocycles. The zero-order chi connectivity index (χ0) is 7.23. The van der Waals surface area contributed by atoms with Crippen LogP contribution in [0.4, 0.5) is 0 Å². The molecule has 0 spiro atoms. The van der Waals surface area contributed by atoms with Gasteiger partial charge in [0.2, 0.25) is 0 Å². The predicted octanol–water partition coefficient (Wildman–Crippen LogP) is -1.17. The van der Waals surface area contributed by atoms with Crippen LogP contribution in [-0.4, -0.2) is 23.9 Å². The summed E-state index contributed by atoms with van der Waals surface area (Å²) in [5, 5.41) is 0. The lowest BCUT2D eigenvalue weighted by atomic mass is 10.2. The highest BCUT2D eigenvalue weighted by molar-refractivity contribution is 5.51.